The van der Waals surface area contributed by atoms with Gasteiger partial charge in [0, 0.05) is 29.8 Å². The number of hydrogen-bond acceptors (Lipinski definition) is 3. The van der Waals surface area contributed by atoms with Crippen molar-refractivity contribution < 1.29 is 5.11 Å². The van der Waals surface area contributed by atoms with Gasteiger partial charge in [0.05, 0.1) is 5.60 Å². The van der Waals surface area contributed by atoms with Crippen LogP contribution in [0.15, 0.2) is 28.7 Å². The van der Waals surface area contributed by atoms with Crippen molar-refractivity contribution in [1.82, 2.24) is 4.90 Å². The molecule has 2 heterocycles. The molecule has 0 saturated carbocycles. The van der Waals surface area contributed by atoms with Gasteiger partial charge in [0.2, 0.25) is 0 Å². The molecule has 0 amide bonds. The van der Waals surface area contributed by atoms with Crippen LogP contribution >= 0.6 is 15.9 Å². The highest BCUT2D eigenvalue weighted by Crippen LogP contribution is 2.28. The van der Waals surface area contributed by atoms with Crippen molar-refractivity contribution in [3.05, 3.63) is 28.7 Å². The molecule has 0 unspecified atom stereocenters. The fraction of sp³-hybridized carbons (Fsp3) is 0.625. The van der Waals surface area contributed by atoms with Crippen molar-refractivity contribution in [2.45, 2.75) is 31.3 Å². The van der Waals surface area contributed by atoms with Gasteiger partial charge in [-0.05, 0) is 63.0 Å². The highest BCUT2D eigenvalue weighted by atomic mass is 79.9. The summed E-state index contributed by atoms with van der Waals surface area (Å²) in [5, 5.41) is 10.8. The van der Waals surface area contributed by atoms with Gasteiger partial charge in [0.15, 0.2) is 0 Å². The monoisotopic (exact) mass is 338 g/mol. The van der Waals surface area contributed by atoms with E-state index in [-0.39, 0.29) is 0 Å². The standard InChI is InChI=1S/C16H23BrN2O/c17-14-3-5-15(6-4-14)19-11-7-16(20,8-12-19)13-18-9-1-2-10-18/h3-6,20H,1-2,7-13H2. The third-order valence-electron chi connectivity index (χ3n) is 4.60. The van der Waals surface area contributed by atoms with Crippen LogP contribution in [0.5, 0.6) is 0 Å². The zero-order chi connectivity index (χ0) is 14.0. The number of rotatable bonds is 3. The van der Waals surface area contributed by atoms with Gasteiger partial charge in [-0.1, -0.05) is 15.9 Å². The third-order valence-corrected chi connectivity index (χ3v) is 5.13. The van der Waals surface area contributed by atoms with Crippen LogP contribution in [-0.4, -0.2) is 48.3 Å². The molecular formula is C16H23BrN2O. The van der Waals surface area contributed by atoms with Crippen LogP contribution in [-0.2, 0) is 0 Å². The Morgan fingerprint density at radius 3 is 2.20 bits per heavy atom. The van der Waals surface area contributed by atoms with E-state index in [1.807, 2.05) is 0 Å². The predicted molar refractivity (Wildman–Crippen MR) is 86.2 cm³/mol. The maximum Gasteiger partial charge on any atom is 0.0807 e. The van der Waals surface area contributed by atoms with Crippen molar-refractivity contribution >= 4 is 21.6 Å². The molecule has 1 aromatic rings. The summed E-state index contributed by atoms with van der Waals surface area (Å²) < 4.78 is 1.11. The fourth-order valence-corrected chi connectivity index (χ4v) is 3.61. The first-order valence-electron chi connectivity index (χ1n) is 7.60. The van der Waals surface area contributed by atoms with E-state index in [1.165, 1.54) is 31.6 Å². The summed E-state index contributed by atoms with van der Waals surface area (Å²) in [6, 6.07) is 8.46. The highest BCUT2D eigenvalue weighted by Gasteiger charge is 2.34. The highest BCUT2D eigenvalue weighted by molar-refractivity contribution is 9.10. The van der Waals surface area contributed by atoms with E-state index < -0.39 is 5.60 Å². The molecule has 20 heavy (non-hydrogen) atoms. The second kappa shape index (κ2) is 6.04. The molecule has 2 aliphatic heterocycles. The van der Waals surface area contributed by atoms with E-state index in [2.05, 4.69) is 50.0 Å². The number of piperidine rings is 1. The van der Waals surface area contributed by atoms with Gasteiger partial charge in [-0.3, -0.25) is 0 Å². The first-order valence-corrected chi connectivity index (χ1v) is 8.39. The molecule has 0 atom stereocenters. The number of benzene rings is 1. The number of halogens is 1. The second-order valence-corrected chi connectivity index (χ2v) is 7.09. The minimum absolute atomic E-state index is 0.476. The van der Waals surface area contributed by atoms with Gasteiger partial charge < -0.3 is 14.9 Å². The maximum atomic E-state index is 10.8. The van der Waals surface area contributed by atoms with Crippen LogP contribution in [0.3, 0.4) is 0 Å². The van der Waals surface area contributed by atoms with Crippen molar-refractivity contribution in [3.8, 4) is 0 Å². The van der Waals surface area contributed by atoms with E-state index in [0.717, 1.165) is 36.9 Å². The van der Waals surface area contributed by atoms with E-state index in [1.54, 1.807) is 0 Å². The van der Waals surface area contributed by atoms with Gasteiger partial charge in [0.25, 0.3) is 0 Å². The molecule has 0 aliphatic carbocycles. The Hall–Kier alpha value is -0.580. The van der Waals surface area contributed by atoms with Crippen molar-refractivity contribution in [1.29, 1.82) is 0 Å². The lowest BCUT2D eigenvalue weighted by Gasteiger charge is -2.41. The smallest absolute Gasteiger partial charge is 0.0807 e. The Balaban J connectivity index is 1.56. The number of aliphatic hydroxyl groups is 1. The molecular weight excluding hydrogens is 316 g/mol. The average Bonchev–Trinajstić information content (AvgIpc) is 2.93. The Labute approximate surface area is 129 Å². The normalized spacial score (nSPS) is 23.2. The summed E-state index contributed by atoms with van der Waals surface area (Å²) >= 11 is 3.47. The number of anilines is 1. The lowest BCUT2D eigenvalue weighted by molar-refractivity contribution is -0.0110. The Morgan fingerprint density at radius 1 is 1.00 bits per heavy atom. The average molecular weight is 339 g/mol. The SMILES string of the molecule is OC1(CN2CCCC2)CCN(c2ccc(Br)cc2)CC1. The minimum Gasteiger partial charge on any atom is -0.388 e. The van der Waals surface area contributed by atoms with Crippen LogP contribution in [0, 0.1) is 0 Å². The predicted octanol–water partition coefficient (Wildman–Crippen LogP) is 2.88. The van der Waals surface area contributed by atoms with Gasteiger partial charge >= 0.3 is 0 Å². The van der Waals surface area contributed by atoms with Crippen molar-refractivity contribution in [2.24, 2.45) is 0 Å². The lowest BCUT2D eigenvalue weighted by Crippen LogP contribution is -2.50. The van der Waals surface area contributed by atoms with Crippen molar-refractivity contribution in [3.63, 3.8) is 0 Å². The van der Waals surface area contributed by atoms with Gasteiger partial charge in [0.1, 0.15) is 0 Å². The summed E-state index contributed by atoms with van der Waals surface area (Å²) in [6.07, 6.45) is 4.33. The minimum atomic E-state index is -0.476. The van der Waals surface area contributed by atoms with Crippen LogP contribution in [0.25, 0.3) is 0 Å². The van der Waals surface area contributed by atoms with Crippen LogP contribution in [0.4, 0.5) is 5.69 Å². The Morgan fingerprint density at radius 2 is 1.60 bits per heavy atom. The molecule has 2 aliphatic rings. The lowest BCUT2D eigenvalue weighted by atomic mass is 9.90. The zero-order valence-corrected chi connectivity index (χ0v) is 13.5. The second-order valence-electron chi connectivity index (χ2n) is 6.17. The summed E-state index contributed by atoms with van der Waals surface area (Å²) in [4.78, 5) is 4.81. The molecule has 3 rings (SSSR count). The van der Waals surface area contributed by atoms with E-state index in [4.69, 9.17) is 0 Å². The number of likely N-dealkylation sites (tertiary alicyclic amines) is 1. The number of nitrogens with zero attached hydrogens (tertiary/aromatic N) is 2. The fourth-order valence-electron chi connectivity index (χ4n) is 3.35. The molecule has 0 bridgehead atoms. The van der Waals surface area contributed by atoms with E-state index >= 15 is 0 Å². The molecule has 0 radical (unpaired) electrons. The third kappa shape index (κ3) is 3.35. The molecule has 1 N–H and O–H groups in total. The van der Waals surface area contributed by atoms with Gasteiger partial charge in [-0.25, -0.2) is 0 Å². The largest absolute Gasteiger partial charge is 0.388 e. The van der Waals surface area contributed by atoms with E-state index in [0.29, 0.717) is 0 Å². The Bertz CT molecular complexity index is 434. The molecule has 1 aromatic carbocycles. The van der Waals surface area contributed by atoms with Crippen LogP contribution in [0.1, 0.15) is 25.7 Å². The molecule has 3 nitrogen and oxygen atoms in total. The maximum absolute atomic E-state index is 10.8. The van der Waals surface area contributed by atoms with Crippen molar-refractivity contribution in [2.75, 3.05) is 37.6 Å². The zero-order valence-electron chi connectivity index (χ0n) is 11.9. The molecule has 2 saturated heterocycles. The summed E-state index contributed by atoms with van der Waals surface area (Å²) in [6.45, 7) is 5.09. The molecule has 0 aromatic heterocycles. The molecule has 0 spiro atoms. The molecule has 2 fully saturated rings. The van der Waals surface area contributed by atoms with E-state index in [9.17, 15) is 5.11 Å². The molecule has 110 valence electrons. The van der Waals surface area contributed by atoms with Crippen LogP contribution < -0.4 is 4.90 Å². The molecule has 4 heteroatoms. The topological polar surface area (TPSA) is 26.7 Å². The first kappa shape index (κ1) is 14.4. The summed E-state index contributed by atoms with van der Waals surface area (Å²) in [7, 11) is 0. The van der Waals surface area contributed by atoms with Gasteiger partial charge in [-0.2, -0.15) is 0 Å². The number of β-amino-alcohol motifs (C(OH)–C–C–N with tert-alkyl or cyclic N) is 1. The summed E-state index contributed by atoms with van der Waals surface area (Å²) in [5.41, 5.74) is 0.785. The first-order chi connectivity index (χ1) is 9.65. The summed E-state index contributed by atoms with van der Waals surface area (Å²) in [5.74, 6) is 0. The number of hydrogen-bond donors (Lipinski definition) is 1. The quantitative estimate of drug-likeness (QED) is 0.917. The van der Waals surface area contributed by atoms with Gasteiger partial charge in [-0.15, -0.1) is 0 Å². The Kier molecular flexibility index (Phi) is 4.34. The van der Waals surface area contributed by atoms with Crippen LogP contribution in [0.2, 0.25) is 0 Å².